The van der Waals surface area contributed by atoms with Crippen molar-refractivity contribution in [2.45, 2.75) is 33.1 Å². The summed E-state index contributed by atoms with van der Waals surface area (Å²) < 4.78 is 7.31. The van der Waals surface area contributed by atoms with Gasteiger partial charge in [-0.3, -0.25) is 4.79 Å². The SMILES string of the molecule is CCOCC1(CNC(=O)c2c(C)ncn2C)CCC1. The van der Waals surface area contributed by atoms with Gasteiger partial charge in [-0.15, -0.1) is 0 Å². The first-order valence-electron chi connectivity index (χ1n) is 6.92. The van der Waals surface area contributed by atoms with Crippen molar-refractivity contribution in [1.82, 2.24) is 14.9 Å². The van der Waals surface area contributed by atoms with Crippen LogP contribution in [0, 0.1) is 12.3 Å². The molecule has 0 atom stereocenters. The molecular formula is C14H23N3O2. The van der Waals surface area contributed by atoms with E-state index in [1.54, 1.807) is 10.9 Å². The first kappa shape index (κ1) is 14.1. The lowest BCUT2D eigenvalue weighted by atomic mass is 9.69. The Bertz CT molecular complexity index is 430. The van der Waals surface area contributed by atoms with Crippen LogP contribution in [-0.4, -0.2) is 35.2 Å². The van der Waals surface area contributed by atoms with Crippen LogP contribution in [0.3, 0.4) is 0 Å². The fourth-order valence-electron chi connectivity index (χ4n) is 2.59. The van der Waals surface area contributed by atoms with Gasteiger partial charge >= 0.3 is 0 Å². The maximum atomic E-state index is 12.2. The molecule has 19 heavy (non-hydrogen) atoms. The zero-order valence-electron chi connectivity index (χ0n) is 12.0. The Hall–Kier alpha value is -1.36. The van der Waals surface area contributed by atoms with Gasteiger partial charge in [0, 0.05) is 25.6 Å². The van der Waals surface area contributed by atoms with Crippen LogP contribution in [-0.2, 0) is 11.8 Å². The summed E-state index contributed by atoms with van der Waals surface area (Å²) >= 11 is 0. The fraction of sp³-hybridized carbons (Fsp3) is 0.714. The lowest BCUT2D eigenvalue weighted by Gasteiger charge is -2.41. The van der Waals surface area contributed by atoms with Gasteiger partial charge in [0.1, 0.15) is 5.69 Å². The standard InChI is InChI=1S/C14H23N3O2/c1-4-19-9-14(6-5-7-14)8-15-13(18)12-11(2)16-10-17(12)3/h10H,4-9H2,1-3H3,(H,15,18). The summed E-state index contributed by atoms with van der Waals surface area (Å²) in [5.41, 5.74) is 1.57. The molecule has 0 aromatic carbocycles. The van der Waals surface area contributed by atoms with Gasteiger partial charge in [-0.25, -0.2) is 4.98 Å². The van der Waals surface area contributed by atoms with Crippen LogP contribution < -0.4 is 5.32 Å². The Morgan fingerprint density at radius 1 is 1.58 bits per heavy atom. The minimum atomic E-state index is -0.0414. The molecule has 2 rings (SSSR count). The maximum absolute atomic E-state index is 12.2. The molecule has 1 heterocycles. The van der Waals surface area contributed by atoms with E-state index in [1.807, 2.05) is 20.9 Å². The number of amides is 1. The number of hydrogen-bond acceptors (Lipinski definition) is 3. The molecule has 1 fully saturated rings. The number of ether oxygens (including phenoxy) is 1. The molecule has 1 amide bonds. The second-order valence-electron chi connectivity index (χ2n) is 5.46. The number of aryl methyl sites for hydroxylation is 2. The Balaban J connectivity index is 1.93. The van der Waals surface area contributed by atoms with Gasteiger partial charge in [-0.05, 0) is 26.7 Å². The first-order chi connectivity index (χ1) is 9.08. The van der Waals surface area contributed by atoms with Crippen LogP contribution in [0.4, 0.5) is 0 Å². The quantitative estimate of drug-likeness (QED) is 0.851. The molecule has 106 valence electrons. The van der Waals surface area contributed by atoms with E-state index in [1.165, 1.54) is 6.42 Å². The number of nitrogens with zero attached hydrogens (tertiary/aromatic N) is 2. The summed E-state index contributed by atoms with van der Waals surface area (Å²) in [4.78, 5) is 16.3. The van der Waals surface area contributed by atoms with Crippen LogP contribution in [0.2, 0.25) is 0 Å². The molecule has 0 radical (unpaired) electrons. The van der Waals surface area contributed by atoms with Gasteiger partial charge in [-0.1, -0.05) is 6.42 Å². The fourth-order valence-corrected chi connectivity index (χ4v) is 2.59. The van der Waals surface area contributed by atoms with E-state index in [9.17, 15) is 4.79 Å². The molecule has 0 unspecified atom stereocenters. The van der Waals surface area contributed by atoms with Crippen LogP contribution in [0.5, 0.6) is 0 Å². The number of carbonyl (C=O) groups excluding carboxylic acids is 1. The molecule has 5 heteroatoms. The predicted octanol–water partition coefficient (Wildman–Crippen LogP) is 1.67. The number of rotatable bonds is 6. The summed E-state index contributed by atoms with van der Waals surface area (Å²) in [6.07, 6.45) is 5.17. The Morgan fingerprint density at radius 3 is 2.79 bits per heavy atom. The van der Waals surface area contributed by atoms with Crippen molar-refractivity contribution in [3.63, 3.8) is 0 Å². The van der Waals surface area contributed by atoms with Crippen molar-refractivity contribution in [3.05, 3.63) is 17.7 Å². The topological polar surface area (TPSA) is 56.1 Å². The van der Waals surface area contributed by atoms with E-state index in [-0.39, 0.29) is 11.3 Å². The Morgan fingerprint density at radius 2 is 2.32 bits per heavy atom. The summed E-state index contributed by atoms with van der Waals surface area (Å²) in [6.45, 7) is 6.03. The highest BCUT2D eigenvalue weighted by Crippen LogP contribution is 2.40. The van der Waals surface area contributed by atoms with Crippen LogP contribution in [0.15, 0.2) is 6.33 Å². The van der Waals surface area contributed by atoms with Gasteiger partial charge in [-0.2, -0.15) is 0 Å². The van der Waals surface area contributed by atoms with Crippen LogP contribution in [0.1, 0.15) is 42.4 Å². The van der Waals surface area contributed by atoms with Crippen molar-refractivity contribution in [2.24, 2.45) is 12.5 Å². The van der Waals surface area contributed by atoms with E-state index in [0.29, 0.717) is 12.2 Å². The lowest BCUT2D eigenvalue weighted by molar-refractivity contribution is -0.000239. The minimum Gasteiger partial charge on any atom is -0.381 e. The molecule has 1 aromatic heterocycles. The smallest absolute Gasteiger partial charge is 0.269 e. The number of hydrogen-bond donors (Lipinski definition) is 1. The highest BCUT2D eigenvalue weighted by Gasteiger charge is 2.37. The largest absolute Gasteiger partial charge is 0.381 e. The zero-order chi connectivity index (χ0) is 13.9. The number of imidazole rings is 1. The normalized spacial score (nSPS) is 17.0. The highest BCUT2D eigenvalue weighted by molar-refractivity contribution is 5.93. The predicted molar refractivity (Wildman–Crippen MR) is 73.1 cm³/mol. The summed E-state index contributed by atoms with van der Waals surface area (Å²) in [6, 6.07) is 0. The third-order valence-electron chi connectivity index (χ3n) is 3.99. The van der Waals surface area contributed by atoms with E-state index in [2.05, 4.69) is 10.3 Å². The number of carbonyl (C=O) groups is 1. The number of nitrogens with one attached hydrogen (secondary N) is 1. The third kappa shape index (κ3) is 2.97. The van der Waals surface area contributed by atoms with Gasteiger partial charge in [0.25, 0.3) is 5.91 Å². The van der Waals surface area contributed by atoms with Gasteiger partial charge in [0.05, 0.1) is 18.6 Å². The molecule has 0 bridgehead atoms. The molecule has 1 N–H and O–H groups in total. The second kappa shape index (κ2) is 5.74. The average Bonchev–Trinajstić information content (AvgIpc) is 2.67. The van der Waals surface area contributed by atoms with Crippen molar-refractivity contribution in [3.8, 4) is 0 Å². The van der Waals surface area contributed by atoms with E-state index < -0.39 is 0 Å². The molecule has 5 nitrogen and oxygen atoms in total. The van der Waals surface area contributed by atoms with Crippen molar-refractivity contribution in [2.75, 3.05) is 19.8 Å². The monoisotopic (exact) mass is 265 g/mol. The van der Waals surface area contributed by atoms with Crippen molar-refractivity contribution >= 4 is 5.91 Å². The summed E-state index contributed by atoms with van der Waals surface area (Å²) in [5.74, 6) is -0.0414. The molecule has 1 aliphatic rings. The van der Waals surface area contributed by atoms with Gasteiger partial charge in [0.2, 0.25) is 0 Å². The summed E-state index contributed by atoms with van der Waals surface area (Å²) in [7, 11) is 1.84. The Kier molecular flexibility index (Phi) is 4.24. The zero-order valence-corrected chi connectivity index (χ0v) is 12.0. The third-order valence-corrected chi connectivity index (χ3v) is 3.99. The first-order valence-corrected chi connectivity index (χ1v) is 6.92. The van der Waals surface area contributed by atoms with Gasteiger partial charge < -0.3 is 14.6 Å². The van der Waals surface area contributed by atoms with Crippen molar-refractivity contribution in [1.29, 1.82) is 0 Å². The second-order valence-corrected chi connectivity index (χ2v) is 5.46. The van der Waals surface area contributed by atoms with E-state index in [0.717, 1.165) is 31.7 Å². The molecule has 0 saturated heterocycles. The average molecular weight is 265 g/mol. The molecule has 1 aliphatic carbocycles. The molecule has 0 spiro atoms. The van der Waals surface area contributed by atoms with E-state index in [4.69, 9.17) is 4.74 Å². The minimum absolute atomic E-state index is 0.0414. The molecule has 1 saturated carbocycles. The molecule has 0 aliphatic heterocycles. The van der Waals surface area contributed by atoms with Crippen LogP contribution in [0.25, 0.3) is 0 Å². The number of aromatic nitrogens is 2. The van der Waals surface area contributed by atoms with Crippen molar-refractivity contribution < 1.29 is 9.53 Å². The molecular weight excluding hydrogens is 242 g/mol. The summed E-state index contributed by atoms with van der Waals surface area (Å²) in [5, 5.41) is 3.04. The maximum Gasteiger partial charge on any atom is 0.269 e. The highest BCUT2D eigenvalue weighted by atomic mass is 16.5. The van der Waals surface area contributed by atoms with Crippen LogP contribution >= 0.6 is 0 Å². The Labute approximate surface area is 114 Å². The molecule has 1 aromatic rings. The lowest BCUT2D eigenvalue weighted by Crippen LogP contribution is -2.45. The van der Waals surface area contributed by atoms with Gasteiger partial charge in [0.15, 0.2) is 0 Å². The van der Waals surface area contributed by atoms with E-state index >= 15 is 0 Å².